The molecule has 1 aromatic carbocycles. The third-order valence-corrected chi connectivity index (χ3v) is 4.67. The molecular weight excluding hydrogens is 340 g/mol. The molecule has 0 saturated heterocycles. The second-order valence-corrected chi connectivity index (χ2v) is 6.93. The van der Waals surface area contributed by atoms with E-state index >= 15 is 0 Å². The summed E-state index contributed by atoms with van der Waals surface area (Å²) in [6.45, 7) is 0.506. The summed E-state index contributed by atoms with van der Waals surface area (Å²) in [4.78, 5) is 26.5. The Morgan fingerprint density at radius 1 is 1.20 bits per heavy atom. The Bertz CT molecular complexity index is 683. The van der Waals surface area contributed by atoms with Gasteiger partial charge in [0.1, 0.15) is 6.54 Å². The molecule has 1 aliphatic rings. The van der Waals surface area contributed by atoms with Crippen molar-refractivity contribution in [2.45, 2.75) is 6.54 Å². The van der Waals surface area contributed by atoms with Gasteiger partial charge in [-0.15, -0.1) is 11.3 Å². The van der Waals surface area contributed by atoms with Crippen LogP contribution in [0.2, 0.25) is 0 Å². The number of nitrogens with zero attached hydrogens (tertiary/aromatic N) is 1. The van der Waals surface area contributed by atoms with Crippen molar-refractivity contribution in [1.82, 2.24) is 4.90 Å². The van der Waals surface area contributed by atoms with Crippen LogP contribution in [0.15, 0.2) is 40.2 Å². The average Bonchev–Trinajstić information content (AvgIpc) is 2.77. The predicted molar refractivity (Wildman–Crippen MR) is 81.8 cm³/mol. The zero-order valence-corrected chi connectivity index (χ0v) is 12.8. The van der Waals surface area contributed by atoms with Crippen LogP contribution in [0.4, 0.5) is 5.69 Å². The minimum Gasteiger partial charge on any atom is -0.324 e. The lowest BCUT2D eigenvalue weighted by Crippen LogP contribution is -2.34. The predicted octanol–water partition coefficient (Wildman–Crippen LogP) is 3.11. The van der Waals surface area contributed by atoms with Gasteiger partial charge in [0.2, 0.25) is 5.91 Å². The molecule has 0 fully saturated rings. The van der Waals surface area contributed by atoms with E-state index in [4.69, 9.17) is 0 Å². The van der Waals surface area contributed by atoms with E-state index in [9.17, 15) is 9.59 Å². The Morgan fingerprint density at radius 2 is 2.00 bits per heavy atom. The number of carbonyl (C=O) groups excluding carboxylic acids is 2. The molecule has 4 nitrogen and oxygen atoms in total. The molecule has 0 spiro atoms. The molecule has 1 aliphatic heterocycles. The first kappa shape index (κ1) is 13.3. The van der Waals surface area contributed by atoms with E-state index < -0.39 is 0 Å². The maximum Gasteiger partial charge on any atom is 0.264 e. The van der Waals surface area contributed by atoms with Crippen LogP contribution in [-0.4, -0.2) is 23.3 Å². The van der Waals surface area contributed by atoms with Crippen molar-refractivity contribution in [2.75, 3.05) is 11.9 Å². The fourth-order valence-corrected chi connectivity index (χ4v) is 3.49. The lowest BCUT2D eigenvalue weighted by Gasteiger charge is -2.18. The summed E-state index contributed by atoms with van der Waals surface area (Å²) in [6, 6.07) is 11.2. The highest BCUT2D eigenvalue weighted by Crippen LogP contribution is 2.26. The number of fused-ring (bicyclic) bond motifs is 1. The van der Waals surface area contributed by atoms with Crippen LogP contribution in [0.5, 0.6) is 0 Å². The van der Waals surface area contributed by atoms with Gasteiger partial charge in [0.05, 0.1) is 8.66 Å². The zero-order chi connectivity index (χ0) is 14.1. The van der Waals surface area contributed by atoms with Gasteiger partial charge < -0.3 is 10.2 Å². The highest BCUT2D eigenvalue weighted by atomic mass is 79.9. The largest absolute Gasteiger partial charge is 0.324 e. The van der Waals surface area contributed by atoms with Crippen molar-refractivity contribution in [3.8, 4) is 0 Å². The number of carbonyl (C=O) groups is 2. The first-order valence-corrected chi connectivity index (χ1v) is 7.67. The summed E-state index contributed by atoms with van der Waals surface area (Å²) in [5, 5.41) is 2.83. The third-order valence-electron chi connectivity index (χ3n) is 3.06. The minimum atomic E-state index is -0.168. The third kappa shape index (κ3) is 2.62. The fourth-order valence-electron chi connectivity index (χ4n) is 2.13. The molecule has 0 radical (unpaired) electrons. The lowest BCUT2D eigenvalue weighted by atomic mass is 10.1. The topological polar surface area (TPSA) is 49.4 Å². The molecule has 0 saturated carbocycles. The van der Waals surface area contributed by atoms with Crippen molar-refractivity contribution in [3.05, 3.63) is 50.6 Å². The summed E-state index contributed by atoms with van der Waals surface area (Å²) >= 11 is 4.72. The maximum absolute atomic E-state index is 12.5. The van der Waals surface area contributed by atoms with Gasteiger partial charge >= 0.3 is 0 Å². The van der Waals surface area contributed by atoms with Crippen LogP contribution in [0.1, 0.15) is 15.2 Å². The van der Waals surface area contributed by atoms with E-state index in [1.54, 1.807) is 11.0 Å². The molecule has 0 unspecified atom stereocenters. The Hall–Kier alpha value is -1.66. The molecule has 1 aromatic heterocycles. The summed E-state index contributed by atoms with van der Waals surface area (Å²) in [6.07, 6.45) is 0. The first-order chi connectivity index (χ1) is 9.63. The Morgan fingerprint density at radius 3 is 2.75 bits per heavy atom. The molecule has 2 aromatic rings. The molecule has 6 heteroatoms. The fraction of sp³-hybridized carbons (Fsp3) is 0.143. The van der Waals surface area contributed by atoms with Crippen molar-refractivity contribution >= 4 is 44.8 Å². The molecule has 2 heterocycles. The summed E-state index contributed by atoms with van der Waals surface area (Å²) in [5.74, 6) is -0.286. The number of rotatable bonds is 1. The number of anilines is 1. The Kier molecular flexibility index (Phi) is 3.58. The summed E-state index contributed by atoms with van der Waals surface area (Å²) in [7, 11) is 0. The van der Waals surface area contributed by atoms with Crippen molar-refractivity contribution < 1.29 is 9.59 Å². The van der Waals surface area contributed by atoms with E-state index in [0.29, 0.717) is 11.4 Å². The first-order valence-electron chi connectivity index (χ1n) is 6.06. The average molecular weight is 351 g/mol. The molecule has 0 aliphatic carbocycles. The number of hydrogen-bond donors (Lipinski definition) is 1. The van der Waals surface area contributed by atoms with Crippen molar-refractivity contribution in [2.24, 2.45) is 0 Å². The van der Waals surface area contributed by atoms with Gasteiger partial charge in [0.25, 0.3) is 5.91 Å². The molecule has 3 rings (SSSR count). The van der Waals surface area contributed by atoms with Crippen LogP contribution >= 0.6 is 27.3 Å². The summed E-state index contributed by atoms with van der Waals surface area (Å²) < 4.78 is 0.903. The van der Waals surface area contributed by atoms with Crippen LogP contribution in [0, 0.1) is 0 Å². The standard InChI is InChI=1S/C14H11BrN2O2S/c15-12-6-5-11(20-12)14(19)17-7-9-3-1-2-4-10(9)16-13(18)8-17/h1-6H,7-8H2,(H,16,18). The van der Waals surface area contributed by atoms with E-state index in [2.05, 4.69) is 21.2 Å². The molecule has 2 amide bonds. The number of benzene rings is 1. The van der Waals surface area contributed by atoms with Crippen LogP contribution in [0.3, 0.4) is 0 Å². The highest BCUT2D eigenvalue weighted by Gasteiger charge is 2.24. The number of nitrogens with one attached hydrogen (secondary N) is 1. The SMILES string of the molecule is O=C1CN(C(=O)c2ccc(Br)s2)Cc2ccccc2N1. The van der Waals surface area contributed by atoms with Gasteiger partial charge in [-0.1, -0.05) is 18.2 Å². The minimum absolute atomic E-state index is 0.0725. The highest BCUT2D eigenvalue weighted by molar-refractivity contribution is 9.11. The Balaban J connectivity index is 1.91. The van der Waals surface area contributed by atoms with E-state index in [1.165, 1.54) is 11.3 Å². The van der Waals surface area contributed by atoms with Gasteiger partial charge in [-0.05, 0) is 39.7 Å². The summed E-state index contributed by atoms with van der Waals surface area (Å²) in [5.41, 5.74) is 1.72. The molecule has 102 valence electrons. The van der Waals surface area contributed by atoms with E-state index in [-0.39, 0.29) is 18.4 Å². The molecule has 1 N–H and O–H groups in total. The van der Waals surface area contributed by atoms with Gasteiger partial charge in [0.15, 0.2) is 0 Å². The smallest absolute Gasteiger partial charge is 0.264 e. The van der Waals surface area contributed by atoms with Crippen molar-refractivity contribution in [1.29, 1.82) is 0 Å². The quantitative estimate of drug-likeness (QED) is 0.858. The second kappa shape index (κ2) is 5.38. The van der Waals surface area contributed by atoms with Gasteiger partial charge in [-0.25, -0.2) is 0 Å². The number of thiophene rings is 1. The van der Waals surface area contributed by atoms with Crippen molar-refractivity contribution in [3.63, 3.8) is 0 Å². The van der Waals surface area contributed by atoms with Crippen LogP contribution < -0.4 is 5.32 Å². The monoisotopic (exact) mass is 350 g/mol. The van der Waals surface area contributed by atoms with Gasteiger partial charge in [-0.2, -0.15) is 0 Å². The molecule has 0 bridgehead atoms. The maximum atomic E-state index is 12.5. The van der Waals surface area contributed by atoms with E-state index in [1.807, 2.05) is 30.3 Å². The molecule has 20 heavy (non-hydrogen) atoms. The number of halogens is 1. The Labute approximate surface area is 128 Å². The van der Waals surface area contributed by atoms with Crippen LogP contribution in [0.25, 0.3) is 0 Å². The number of amides is 2. The molecular formula is C14H11BrN2O2S. The second-order valence-electron chi connectivity index (χ2n) is 4.47. The number of para-hydroxylation sites is 1. The zero-order valence-electron chi connectivity index (χ0n) is 10.4. The number of hydrogen-bond acceptors (Lipinski definition) is 3. The van der Waals surface area contributed by atoms with Gasteiger partial charge in [-0.3, -0.25) is 9.59 Å². The van der Waals surface area contributed by atoms with E-state index in [0.717, 1.165) is 15.0 Å². The normalized spacial score (nSPS) is 14.4. The van der Waals surface area contributed by atoms with Crippen LogP contribution in [-0.2, 0) is 11.3 Å². The van der Waals surface area contributed by atoms with Gasteiger partial charge in [0, 0.05) is 12.2 Å². The molecule has 0 atom stereocenters. The lowest BCUT2D eigenvalue weighted by molar-refractivity contribution is -0.116.